The normalized spacial score (nSPS) is 10.7. The topological polar surface area (TPSA) is 29.5 Å². The number of methoxy groups -OCH3 is 1. The lowest BCUT2D eigenvalue weighted by Gasteiger charge is -2.22. The molecule has 0 heterocycles. The summed E-state index contributed by atoms with van der Waals surface area (Å²) in [7, 11) is 1.41. The van der Waals surface area contributed by atoms with Crippen LogP contribution in [-0.2, 0) is 9.53 Å². The molecule has 0 N–H and O–H groups in total. The molecule has 3 nitrogen and oxygen atoms in total. The van der Waals surface area contributed by atoms with Crippen molar-refractivity contribution < 1.29 is 9.53 Å². The van der Waals surface area contributed by atoms with Crippen molar-refractivity contribution in [1.82, 2.24) is 4.90 Å². The molecule has 0 saturated heterocycles. The largest absolute Gasteiger partial charge is 0.468 e. The lowest BCUT2D eigenvalue weighted by atomic mass is 10.3. The lowest BCUT2D eigenvalue weighted by molar-refractivity contribution is -0.142. The summed E-state index contributed by atoms with van der Waals surface area (Å²) in [6.07, 6.45) is 0. The third-order valence-corrected chi connectivity index (χ3v) is 1.70. The van der Waals surface area contributed by atoms with Crippen LogP contribution in [0.25, 0.3) is 0 Å². The predicted molar refractivity (Wildman–Crippen MR) is 44.4 cm³/mol. The van der Waals surface area contributed by atoms with E-state index in [0.717, 1.165) is 6.54 Å². The molecule has 0 aromatic heterocycles. The number of ether oxygens (including phenoxy) is 1. The van der Waals surface area contributed by atoms with Gasteiger partial charge in [-0.25, -0.2) is 0 Å². The van der Waals surface area contributed by atoms with Crippen LogP contribution >= 0.6 is 0 Å². The van der Waals surface area contributed by atoms with E-state index in [1.807, 2.05) is 11.8 Å². The average Bonchev–Trinajstić information content (AvgIpc) is 1.99. The van der Waals surface area contributed by atoms with Crippen LogP contribution in [0.5, 0.6) is 0 Å². The Morgan fingerprint density at radius 2 is 2.09 bits per heavy atom. The van der Waals surface area contributed by atoms with Gasteiger partial charge >= 0.3 is 5.97 Å². The van der Waals surface area contributed by atoms with Crippen molar-refractivity contribution >= 4 is 5.97 Å². The quantitative estimate of drug-likeness (QED) is 0.570. The lowest BCUT2D eigenvalue weighted by Crippen LogP contribution is -2.35. The number of hydrogen-bond donors (Lipinski definition) is 0. The maximum absolute atomic E-state index is 10.8. The predicted octanol–water partition coefficient (Wildman–Crippen LogP) is 0.890. The van der Waals surface area contributed by atoms with Gasteiger partial charge in [-0.3, -0.25) is 9.69 Å². The Morgan fingerprint density at radius 3 is 2.36 bits per heavy atom. The minimum atomic E-state index is -0.166. The molecule has 66 valence electrons. The third kappa shape index (κ3) is 3.98. The highest BCUT2D eigenvalue weighted by Crippen LogP contribution is 1.96. The first-order valence-corrected chi connectivity index (χ1v) is 3.92. The maximum atomic E-state index is 10.8. The number of rotatable bonds is 4. The molecule has 3 heteroatoms. The van der Waals surface area contributed by atoms with Crippen LogP contribution in [0.15, 0.2) is 0 Å². The van der Waals surface area contributed by atoms with Gasteiger partial charge < -0.3 is 4.74 Å². The van der Waals surface area contributed by atoms with Crippen molar-refractivity contribution in [3.8, 4) is 0 Å². The number of esters is 1. The van der Waals surface area contributed by atoms with Crippen LogP contribution in [0.1, 0.15) is 20.8 Å². The molecule has 0 aromatic carbocycles. The highest BCUT2D eigenvalue weighted by Gasteiger charge is 2.11. The fourth-order valence-electron chi connectivity index (χ4n) is 0.890. The van der Waals surface area contributed by atoms with Crippen LogP contribution in [-0.4, -0.2) is 37.1 Å². The molecule has 0 unspecified atom stereocenters. The molecule has 0 amide bonds. The van der Waals surface area contributed by atoms with Crippen molar-refractivity contribution in [3.05, 3.63) is 0 Å². The van der Waals surface area contributed by atoms with Crippen LogP contribution in [0, 0.1) is 0 Å². The second-order valence-corrected chi connectivity index (χ2v) is 2.73. The number of nitrogens with zero attached hydrogens (tertiary/aromatic N) is 1. The van der Waals surface area contributed by atoms with Gasteiger partial charge in [-0.15, -0.1) is 0 Å². The van der Waals surface area contributed by atoms with Gasteiger partial charge in [0.05, 0.1) is 13.7 Å². The minimum Gasteiger partial charge on any atom is -0.468 e. The molecule has 0 aliphatic carbocycles. The Labute approximate surface area is 68.3 Å². The molecule has 0 aromatic rings. The van der Waals surface area contributed by atoms with Crippen LogP contribution in [0.2, 0.25) is 0 Å². The van der Waals surface area contributed by atoms with E-state index in [1.165, 1.54) is 7.11 Å². The molecule has 0 fully saturated rings. The zero-order chi connectivity index (χ0) is 8.85. The summed E-state index contributed by atoms with van der Waals surface area (Å²) in [5.41, 5.74) is 0. The van der Waals surface area contributed by atoms with Gasteiger partial charge in [0.2, 0.25) is 0 Å². The van der Waals surface area contributed by atoms with Crippen LogP contribution < -0.4 is 0 Å². The minimum absolute atomic E-state index is 0.166. The first-order chi connectivity index (χ1) is 5.11. The van der Waals surface area contributed by atoms with Crippen molar-refractivity contribution in [2.24, 2.45) is 0 Å². The number of hydrogen-bond acceptors (Lipinski definition) is 3. The smallest absolute Gasteiger partial charge is 0.319 e. The average molecular weight is 159 g/mol. The molecule has 0 atom stereocenters. The first kappa shape index (κ1) is 10.4. The van der Waals surface area contributed by atoms with E-state index in [2.05, 4.69) is 18.6 Å². The van der Waals surface area contributed by atoms with E-state index < -0.39 is 0 Å². The molecular weight excluding hydrogens is 142 g/mol. The molecule has 0 aliphatic rings. The summed E-state index contributed by atoms with van der Waals surface area (Å²) in [5.74, 6) is -0.166. The molecule has 0 spiro atoms. The van der Waals surface area contributed by atoms with Gasteiger partial charge in [0.15, 0.2) is 0 Å². The van der Waals surface area contributed by atoms with Gasteiger partial charge in [0.25, 0.3) is 0 Å². The van der Waals surface area contributed by atoms with Crippen LogP contribution in [0.3, 0.4) is 0 Å². The van der Waals surface area contributed by atoms with Gasteiger partial charge in [0, 0.05) is 6.04 Å². The Morgan fingerprint density at radius 1 is 1.55 bits per heavy atom. The Kier molecular flexibility index (Phi) is 4.86. The second kappa shape index (κ2) is 5.13. The summed E-state index contributed by atoms with van der Waals surface area (Å²) in [4.78, 5) is 12.9. The summed E-state index contributed by atoms with van der Waals surface area (Å²) in [6, 6.07) is 0.402. The van der Waals surface area contributed by atoms with Gasteiger partial charge in [-0.05, 0) is 20.4 Å². The Hall–Kier alpha value is -0.570. The molecule has 0 radical (unpaired) electrons. The molecule has 11 heavy (non-hydrogen) atoms. The summed E-state index contributed by atoms with van der Waals surface area (Å²) in [5, 5.41) is 0. The van der Waals surface area contributed by atoms with E-state index in [4.69, 9.17) is 0 Å². The van der Waals surface area contributed by atoms with E-state index in [1.54, 1.807) is 0 Å². The highest BCUT2D eigenvalue weighted by atomic mass is 16.5. The standard InChI is InChI=1S/C8H17NO2/c1-5-9(7(2)3)6-8(10)11-4/h7H,5-6H2,1-4H3. The summed E-state index contributed by atoms with van der Waals surface area (Å²) >= 11 is 0. The van der Waals surface area contributed by atoms with Gasteiger partial charge in [-0.1, -0.05) is 6.92 Å². The van der Waals surface area contributed by atoms with Gasteiger partial charge in [0.1, 0.15) is 0 Å². The zero-order valence-corrected chi connectivity index (χ0v) is 7.76. The fourth-order valence-corrected chi connectivity index (χ4v) is 0.890. The Balaban J connectivity index is 3.78. The van der Waals surface area contributed by atoms with Crippen molar-refractivity contribution in [2.75, 3.05) is 20.2 Å². The monoisotopic (exact) mass is 159 g/mol. The third-order valence-electron chi connectivity index (χ3n) is 1.70. The molecular formula is C8H17NO2. The van der Waals surface area contributed by atoms with E-state index in [-0.39, 0.29) is 5.97 Å². The van der Waals surface area contributed by atoms with Crippen LogP contribution in [0.4, 0.5) is 0 Å². The zero-order valence-electron chi connectivity index (χ0n) is 7.76. The highest BCUT2D eigenvalue weighted by molar-refractivity contribution is 5.71. The van der Waals surface area contributed by atoms with Crippen molar-refractivity contribution in [2.45, 2.75) is 26.8 Å². The van der Waals surface area contributed by atoms with E-state index in [0.29, 0.717) is 12.6 Å². The SMILES string of the molecule is CCN(CC(=O)OC)C(C)C. The van der Waals surface area contributed by atoms with Gasteiger partial charge in [-0.2, -0.15) is 0 Å². The first-order valence-electron chi connectivity index (χ1n) is 3.92. The Bertz CT molecular complexity index is 123. The fraction of sp³-hybridized carbons (Fsp3) is 0.875. The maximum Gasteiger partial charge on any atom is 0.319 e. The van der Waals surface area contributed by atoms with E-state index in [9.17, 15) is 4.79 Å². The molecule has 0 saturated carbocycles. The molecule has 0 aliphatic heterocycles. The number of carbonyl (C=O) groups excluding carboxylic acids is 1. The van der Waals surface area contributed by atoms with E-state index >= 15 is 0 Å². The van der Waals surface area contributed by atoms with Crippen molar-refractivity contribution in [3.63, 3.8) is 0 Å². The summed E-state index contributed by atoms with van der Waals surface area (Å²) < 4.78 is 4.55. The second-order valence-electron chi connectivity index (χ2n) is 2.73. The molecule has 0 bridgehead atoms. The number of carbonyl (C=O) groups is 1. The summed E-state index contributed by atoms with van der Waals surface area (Å²) in [6.45, 7) is 7.43. The number of likely N-dealkylation sites (N-methyl/N-ethyl adjacent to an activating group) is 1. The molecule has 0 rings (SSSR count). The van der Waals surface area contributed by atoms with Crippen molar-refractivity contribution in [1.29, 1.82) is 0 Å².